The van der Waals surface area contributed by atoms with Crippen LogP contribution >= 0.6 is 11.5 Å². The summed E-state index contributed by atoms with van der Waals surface area (Å²) in [6.45, 7) is 6.63. The number of nitrogens with two attached hydrogens (primary N) is 1. The number of nitrogens with zero attached hydrogens (tertiary/aromatic N) is 1. The standard InChI is InChI=1S/C8H14N2S/c1-8(2,3)5-6-4-7(9)10-11-6/h4H,5H2,1-3H3,(H2,9,10). The lowest BCUT2D eigenvalue weighted by molar-refractivity contribution is 0.414. The molecule has 0 aliphatic rings. The molecule has 0 aromatic carbocycles. The molecule has 0 saturated carbocycles. The summed E-state index contributed by atoms with van der Waals surface area (Å²) in [5, 5.41) is 0. The Morgan fingerprint density at radius 1 is 1.55 bits per heavy atom. The van der Waals surface area contributed by atoms with Gasteiger partial charge in [0.2, 0.25) is 0 Å². The van der Waals surface area contributed by atoms with Gasteiger partial charge >= 0.3 is 0 Å². The van der Waals surface area contributed by atoms with Gasteiger partial charge in [-0.2, -0.15) is 4.37 Å². The Morgan fingerprint density at radius 3 is 2.55 bits per heavy atom. The quantitative estimate of drug-likeness (QED) is 0.702. The molecule has 0 radical (unpaired) electrons. The molecule has 11 heavy (non-hydrogen) atoms. The molecule has 1 rings (SSSR count). The molecule has 0 unspecified atom stereocenters. The van der Waals surface area contributed by atoms with Crippen molar-refractivity contribution in [1.29, 1.82) is 0 Å². The monoisotopic (exact) mass is 170 g/mol. The van der Waals surface area contributed by atoms with Gasteiger partial charge in [-0.1, -0.05) is 20.8 Å². The van der Waals surface area contributed by atoms with Crippen LogP contribution in [0, 0.1) is 5.41 Å². The number of anilines is 1. The van der Waals surface area contributed by atoms with Crippen molar-refractivity contribution in [2.75, 3.05) is 5.73 Å². The van der Waals surface area contributed by atoms with Crippen molar-refractivity contribution in [3.63, 3.8) is 0 Å². The van der Waals surface area contributed by atoms with Gasteiger partial charge in [0.25, 0.3) is 0 Å². The molecular formula is C8H14N2S. The van der Waals surface area contributed by atoms with Crippen molar-refractivity contribution in [2.24, 2.45) is 5.41 Å². The molecule has 1 aromatic heterocycles. The third-order valence-electron chi connectivity index (χ3n) is 1.28. The van der Waals surface area contributed by atoms with Crippen LogP contribution < -0.4 is 5.73 Å². The van der Waals surface area contributed by atoms with Crippen molar-refractivity contribution >= 4 is 17.4 Å². The normalized spacial score (nSPS) is 11.9. The Bertz CT molecular complexity index is 234. The summed E-state index contributed by atoms with van der Waals surface area (Å²) in [6.07, 6.45) is 1.06. The molecule has 0 aliphatic heterocycles. The maximum Gasteiger partial charge on any atom is 0.137 e. The maximum atomic E-state index is 5.50. The van der Waals surface area contributed by atoms with Crippen LogP contribution in [-0.4, -0.2) is 4.37 Å². The van der Waals surface area contributed by atoms with Crippen LogP contribution in [0.25, 0.3) is 0 Å². The van der Waals surface area contributed by atoms with E-state index in [1.165, 1.54) is 16.4 Å². The lowest BCUT2D eigenvalue weighted by Gasteiger charge is -2.15. The van der Waals surface area contributed by atoms with Crippen molar-refractivity contribution in [3.8, 4) is 0 Å². The molecule has 0 saturated heterocycles. The van der Waals surface area contributed by atoms with Crippen molar-refractivity contribution in [2.45, 2.75) is 27.2 Å². The molecule has 0 atom stereocenters. The van der Waals surface area contributed by atoms with Gasteiger partial charge < -0.3 is 5.73 Å². The predicted molar refractivity (Wildman–Crippen MR) is 49.7 cm³/mol. The average Bonchev–Trinajstić information content (AvgIpc) is 2.10. The van der Waals surface area contributed by atoms with Gasteiger partial charge in [0.15, 0.2) is 0 Å². The van der Waals surface area contributed by atoms with Gasteiger partial charge in [-0.3, -0.25) is 0 Å². The van der Waals surface area contributed by atoms with E-state index in [-0.39, 0.29) is 0 Å². The fraction of sp³-hybridized carbons (Fsp3) is 0.625. The maximum absolute atomic E-state index is 5.50. The summed E-state index contributed by atoms with van der Waals surface area (Å²) in [5.41, 5.74) is 5.83. The average molecular weight is 170 g/mol. The molecule has 0 bridgehead atoms. The van der Waals surface area contributed by atoms with Crippen LogP contribution in [0.2, 0.25) is 0 Å². The van der Waals surface area contributed by atoms with E-state index in [1.54, 1.807) is 0 Å². The first-order chi connectivity index (χ1) is 4.97. The van der Waals surface area contributed by atoms with Crippen molar-refractivity contribution < 1.29 is 0 Å². The predicted octanol–water partition coefficient (Wildman–Crippen LogP) is 2.31. The second kappa shape index (κ2) is 2.81. The van der Waals surface area contributed by atoms with Crippen molar-refractivity contribution in [3.05, 3.63) is 10.9 Å². The van der Waals surface area contributed by atoms with E-state index in [0.717, 1.165) is 6.42 Å². The smallest absolute Gasteiger partial charge is 0.137 e. The van der Waals surface area contributed by atoms with Gasteiger partial charge in [-0.25, -0.2) is 0 Å². The third kappa shape index (κ3) is 2.89. The Morgan fingerprint density at radius 2 is 2.18 bits per heavy atom. The minimum Gasteiger partial charge on any atom is -0.383 e. The number of hydrogen-bond acceptors (Lipinski definition) is 3. The SMILES string of the molecule is CC(C)(C)Cc1cc(N)ns1. The van der Waals surface area contributed by atoms with Gasteiger partial charge in [-0.05, 0) is 29.4 Å². The van der Waals surface area contributed by atoms with E-state index in [0.29, 0.717) is 11.2 Å². The largest absolute Gasteiger partial charge is 0.383 e. The van der Waals surface area contributed by atoms with Gasteiger partial charge in [-0.15, -0.1) is 0 Å². The lowest BCUT2D eigenvalue weighted by atomic mass is 9.92. The highest BCUT2D eigenvalue weighted by molar-refractivity contribution is 7.06. The molecule has 0 fully saturated rings. The summed E-state index contributed by atoms with van der Waals surface area (Å²) in [5.74, 6) is 0.647. The molecule has 0 amide bonds. The van der Waals surface area contributed by atoms with E-state index in [4.69, 9.17) is 5.73 Å². The molecule has 2 N–H and O–H groups in total. The van der Waals surface area contributed by atoms with E-state index in [2.05, 4.69) is 25.1 Å². The molecule has 62 valence electrons. The fourth-order valence-electron chi connectivity index (χ4n) is 0.935. The van der Waals surface area contributed by atoms with Gasteiger partial charge in [0, 0.05) is 4.88 Å². The second-order valence-corrected chi connectivity index (χ2v) is 4.85. The van der Waals surface area contributed by atoms with E-state index >= 15 is 0 Å². The molecule has 2 nitrogen and oxygen atoms in total. The summed E-state index contributed by atoms with van der Waals surface area (Å²) >= 11 is 1.50. The first kappa shape index (κ1) is 8.53. The first-order valence-corrected chi connectivity index (χ1v) is 4.46. The van der Waals surface area contributed by atoms with Crippen molar-refractivity contribution in [1.82, 2.24) is 4.37 Å². The zero-order valence-corrected chi connectivity index (χ0v) is 8.03. The Kier molecular flexibility index (Phi) is 2.18. The Balaban J connectivity index is 2.65. The highest BCUT2D eigenvalue weighted by Crippen LogP contribution is 2.23. The van der Waals surface area contributed by atoms with Crippen LogP contribution in [-0.2, 0) is 6.42 Å². The molecule has 0 spiro atoms. The van der Waals surface area contributed by atoms with Crippen LogP contribution in [0.1, 0.15) is 25.6 Å². The molecule has 1 heterocycles. The van der Waals surface area contributed by atoms with E-state index in [9.17, 15) is 0 Å². The van der Waals surface area contributed by atoms with Crippen LogP contribution in [0.5, 0.6) is 0 Å². The molecule has 3 heteroatoms. The number of rotatable bonds is 1. The Labute approximate surface area is 71.6 Å². The second-order valence-electron chi connectivity index (χ2n) is 3.96. The minimum atomic E-state index is 0.332. The zero-order chi connectivity index (χ0) is 8.48. The number of hydrogen-bond donors (Lipinski definition) is 1. The van der Waals surface area contributed by atoms with E-state index < -0.39 is 0 Å². The molecule has 1 aromatic rings. The van der Waals surface area contributed by atoms with Crippen LogP contribution in [0.15, 0.2) is 6.07 Å². The highest BCUT2D eigenvalue weighted by atomic mass is 32.1. The third-order valence-corrected chi connectivity index (χ3v) is 2.08. The highest BCUT2D eigenvalue weighted by Gasteiger charge is 2.12. The lowest BCUT2D eigenvalue weighted by Crippen LogP contribution is -2.07. The van der Waals surface area contributed by atoms with E-state index in [1.807, 2.05) is 6.07 Å². The van der Waals surface area contributed by atoms with Gasteiger partial charge in [0.05, 0.1) is 0 Å². The summed E-state index contributed by atoms with van der Waals surface area (Å²) in [4.78, 5) is 1.27. The topological polar surface area (TPSA) is 38.9 Å². The summed E-state index contributed by atoms with van der Waals surface area (Å²) in [7, 11) is 0. The van der Waals surface area contributed by atoms with Crippen LogP contribution in [0.4, 0.5) is 5.82 Å². The molecule has 0 aliphatic carbocycles. The summed E-state index contributed by atoms with van der Waals surface area (Å²) < 4.78 is 4.02. The number of aromatic nitrogens is 1. The molecular weight excluding hydrogens is 156 g/mol. The van der Waals surface area contributed by atoms with Crippen LogP contribution in [0.3, 0.4) is 0 Å². The Hall–Kier alpha value is -0.570. The zero-order valence-electron chi connectivity index (χ0n) is 7.22. The van der Waals surface area contributed by atoms with Gasteiger partial charge in [0.1, 0.15) is 5.82 Å². The minimum absolute atomic E-state index is 0.332. The number of nitrogen functional groups attached to an aromatic ring is 1. The summed E-state index contributed by atoms with van der Waals surface area (Å²) in [6, 6.07) is 1.95. The first-order valence-electron chi connectivity index (χ1n) is 3.68. The fourth-order valence-corrected chi connectivity index (χ4v) is 1.88.